The van der Waals surface area contributed by atoms with Crippen LogP contribution in [0.15, 0.2) is 12.4 Å². The highest BCUT2D eigenvalue weighted by molar-refractivity contribution is 5.76. The molecule has 7 nitrogen and oxygen atoms in total. The van der Waals surface area contributed by atoms with Crippen molar-refractivity contribution in [1.82, 2.24) is 14.7 Å². The Balaban J connectivity index is 1.54. The molecule has 0 atom stereocenters. The van der Waals surface area contributed by atoms with Crippen LogP contribution in [0.25, 0.3) is 0 Å². The molecule has 1 aromatic rings. The average molecular weight is 266 g/mol. The predicted octanol–water partition coefficient (Wildman–Crippen LogP) is -0.169. The van der Waals surface area contributed by atoms with Crippen molar-refractivity contribution >= 4 is 11.6 Å². The first-order valence-electron chi connectivity index (χ1n) is 6.51. The minimum absolute atomic E-state index is 0.0518. The topological polar surface area (TPSA) is 82.6 Å². The van der Waals surface area contributed by atoms with Gasteiger partial charge in [0, 0.05) is 32.1 Å². The number of aromatic nitrogens is 2. The van der Waals surface area contributed by atoms with E-state index < -0.39 is 5.79 Å². The number of carbonyl (C=O) groups excluding carboxylic acids is 1. The molecular weight excluding hydrogens is 248 g/mol. The predicted molar refractivity (Wildman–Crippen MR) is 67.1 cm³/mol. The summed E-state index contributed by atoms with van der Waals surface area (Å²) in [5.74, 6) is -0.386. The number of amides is 1. The highest BCUT2D eigenvalue weighted by Gasteiger charge is 2.40. The molecule has 104 valence electrons. The number of anilines is 1. The van der Waals surface area contributed by atoms with E-state index in [1.165, 1.54) is 0 Å². The number of hydrogen-bond donors (Lipinski definition) is 1. The van der Waals surface area contributed by atoms with Crippen molar-refractivity contribution in [2.24, 2.45) is 0 Å². The molecule has 1 spiro atoms. The summed E-state index contributed by atoms with van der Waals surface area (Å²) in [5, 5.41) is 4.02. The van der Waals surface area contributed by atoms with E-state index >= 15 is 0 Å². The molecule has 1 aromatic heterocycles. The molecule has 0 aliphatic carbocycles. The fraction of sp³-hybridized carbons (Fsp3) is 0.667. The van der Waals surface area contributed by atoms with Crippen LogP contribution in [-0.2, 0) is 20.8 Å². The van der Waals surface area contributed by atoms with Gasteiger partial charge in [0.2, 0.25) is 5.91 Å². The Morgan fingerprint density at radius 2 is 2.05 bits per heavy atom. The minimum atomic E-state index is -0.438. The van der Waals surface area contributed by atoms with E-state index in [1.54, 1.807) is 17.1 Å². The Bertz CT molecular complexity index is 457. The first-order chi connectivity index (χ1) is 9.17. The molecule has 3 heterocycles. The van der Waals surface area contributed by atoms with Crippen LogP contribution in [0, 0.1) is 0 Å². The van der Waals surface area contributed by atoms with Crippen molar-refractivity contribution in [2.45, 2.75) is 25.2 Å². The van der Waals surface area contributed by atoms with Crippen molar-refractivity contribution in [1.29, 1.82) is 0 Å². The maximum absolute atomic E-state index is 12.1. The second-order valence-corrected chi connectivity index (χ2v) is 4.96. The number of nitrogens with zero attached hydrogens (tertiary/aromatic N) is 3. The Morgan fingerprint density at radius 3 is 2.63 bits per heavy atom. The van der Waals surface area contributed by atoms with E-state index in [4.69, 9.17) is 15.2 Å². The number of nitrogen functional groups attached to an aromatic ring is 1. The van der Waals surface area contributed by atoms with Gasteiger partial charge in [-0.3, -0.25) is 9.48 Å². The van der Waals surface area contributed by atoms with Crippen LogP contribution in [0.3, 0.4) is 0 Å². The van der Waals surface area contributed by atoms with E-state index in [1.807, 2.05) is 4.90 Å². The van der Waals surface area contributed by atoms with Crippen molar-refractivity contribution in [3.63, 3.8) is 0 Å². The SMILES string of the molecule is Nc1cnn(CC(=O)N2CCC3(CC2)OCCO3)c1. The van der Waals surface area contributed by atoms with Crippen LogP contribution in [-0.4, -0.2) is 52.7 Å². The van der Waals surface area contributed by atoms with Gasteiger partial charge in [-0.2, -0.15) is 5.10 Å². The summed E-state index contributed by atoms with van der Waals surface area (Å²) in [6.07, 6.45) is 4.67. The van der Waals surface area contributed by atoms with Crippen molar-refractivity contribution in [3.8, 4) is 0 Å². The molecule has 0 aromatic carbocycles. The zero-order valence-corrected chi connectivity index (χ0v) is 10.7. The summed E-state index contributed by atoms with van der Waals surface area (Å²) in [7, 11) is 0. The number of likely N-dealkylation sites (tertiary alicyclic amines) is 1. The van der Waals surface area contributed by atoms with Crippen LogP contribution in [0.2, 0.25) is 0 Å². The summed E-state index contributed by atoms with van der Waals surface area (Å²) in [6.45, 7) is 2.86. The van der Waals surface area contributed by atoms with Gasteiger partial charge in [-0.25, -0.2) is 0 Å². The van der Waals surface area contributed by atoms with Gasteiger partial charge in [-0.15, -0.1) is 0 Å². The first-order valence-corrected chi connectivity index (χ1v) is 6.51. The van der Waals surface area contributed by atoms with E-state index in [0.717, 1.165) is 12.8 Å². The number of carbonyl (C=O) groups is 1. The molecule has 2 aliphatic heterocycles. The molecule has 2 N–H and O–H groups in total. The number of rotatable bonds is 2. The van der Waals surface area contributed by atoms with E-state index in [2.05, 4.69) is 5.10 Å². The third-order valence-electron chi connectivity index (χ3n) is 3.64. The van der Waals surface area contributed by atoms with Gasteiger partial charge in [0.05, 0.1) is 25.1 Å². The van der Waals surface area contributed by atoms with Gasteiger partial charge < -0.3 is 20.1 Å². The third kappa shape index (κ3) is 2.57. The Labute approximate surface area is 111 Å². The van der Waals surface area contributed by atoms with Gasteiger partial charge in [0.25, 0.3) is 0 Å². The fourth-order valence-electron chi connectivity index (χ4n) is 2.59. The zero-order valence-electron chi connectivity index (χ0n) is 10.7. The van der Waals surface area contributed by atoms with Crippen molar-refractivity contribution < 1.29 is 14.3 Å². The molecule has 0 saturated carbocycles. The summed E-state index contributed by atoms with van der Waals surface area (Å²) in [6, 6.07) is 0. The molecule has 1 amide bonds. The number of nitrogens with two attached hydrogens (primary N) is 1. The lowest BCUT2D eigenvalue weighted by Crippen LogP contribution is -2.48. The van der Waals surface area contributed by atoms with Crippen molar-refractivity contribution in [2.75, 3.05) is 32.0 Å². The highest BCUT2D eigenvalue weighted by Crippen LogP contribution is 2.31. The molecule has 7 heteroatoms. The largest absolute Gasteiger partial charge is 0.396 e. The van der Waals surface area contributed by atoms with Crippen LogP contribution < -0.4 is 5.73 Å². The van der Waals surface area contributed by atoms with Crippen LogP contribution in [0.5, 0.6) is 0 Å². The van der Waals surface area contributed by atoms with Crippen molar-refractivity contribution in [3.05, 3.63) is 12.4 Å². The Morgan fingerprint density at radius 1 is 1.37 bits per heavy atom. The number of piperidine rings is 1. The fourth-order valence-corrected chi connectivity index (χ4v) is 2.59. The van der Waals surface area contributed by atoms with Crippen LogP contribution in [0.1, 0.15) is 12.8 Å². The van der Waals surface area contributed by atoms with Gasteiger partial charge in [-0.1, -0.05) is 0 Å². The normalized spacial score (nSPS) is 22.0. The van der Waals surface area contributed by atoms with Gasteiger partial charge >= 0.3 is 0 Å². The maximum Gasteiger partial charge on any atom is 0.244 e. The quantitative estimate of drug-likeness (QED) is 0.803. The van der Waals surface area contributed by atoms with E-state index in [-0.39, 0.29) is 12.5 Å². The molecule has 19 heavy (non-hydrogen) atoms. The summed E-state index contributed by atoms with van der Waals surface area (Å²) >= 11 is 0. The highest BCUT2D eigenvalue weighted by atomic mass is 16.7. The smallest absolute Gasteiger partial charge is 0.244 e. The molecule has 2 aliphatic rings. The van der Waals surface area contributed by atoms with Crippen LogP contribution >= 0.6 is 0 Å². The lowest BCUT2D eigenvalue weighted by atomic mass is 10.0. The lowest BCUT2D eigenvalue weighted by Gasteiger charge is -2.37. The molecule has 2 fully saturated rings. The maximum atomic E-state index is 12.1. The standard InChI is InChI=1S/C12H18N4O3/c13-10-7-14-16(8-10)9-11(17)15-3-1-12(2-4-15)18-5-6-19-12/h7-8H,1-6,9,13H2. The Kier molecular flexibility index (Phi) is 3.16. The molecular formula is C12H18N4O3. The Hall–Kier alpha value is -1.60. The monoisotopic (exact) mass is 266 g/mol. The zero-order chi connectivity index (χ0) is 13.3. The van der Waals surface area contributed by atoms with E-state index in [9.17, 15) is 4.79 Å². The summed E-state index contributed by atoms with van der Waals surface area (Å²) in [4.78, 5) is 14.0. The molecule has 0 radical (unpaired) electrons. The summed E-state index contributed by atoms with van der Waals surface area (Å²) in [5.41, 5.74) is 6.14. The third-order valence-corrected chi connectivity index (χ3v) is 3.64. The molecule has 3 rings (SSSR count). The van der Waals surface area contributed by atoms with Crippen LogP contribution in [0.4, 0.5) is 5.69 Å². The molecule has 2 saturated heterocycles. The first kappa shape index (κ1) is 12.4. The number of hydrogen-bond acceptors (Lipinski definition) is 5. The molecule has 0 bridgehead atoms. The van der Waals surface area contributed by atoms with E-state index in [0.29, 0.717) is 32.0 Å². The van der Waals surface area contributed by atoms with Gasteiger partial charge in [0.15, 0.2) is 5.79 Å². The molecule has 0 unspecified atom stereocenters. The second kappa shape index (κ2) is 4.82. The lowest BCUT2D eigenvalue weighted by molar-refractivity contribution is -0.187. The summed E-state index contributed by atoms with van der Waals surface area (Å²) < 4.78 is 12.8. The average Bonchev–Trinajstić information content (AvgIpc) is 3.00. The van der Waals surface area contributed by atoms with Gasteiger partial charge in [-0.05, 0) is 0 Å². The number of ether oxygens (including phenoxy) is 2. The van der Waals surface area contributed by atoms with Gasteiger partial charge in [0.1, 0.15) is 6.54 Å². The second-order valence-electron chi connectivity index (χ2n) is 4.96. The minimum Gasteiger partial charge on any atom is -0.396 e.